The second kappa shape index (κ2) is 10.1. The van der Waals surface area contributed by atoms with Crippen molar-refractivity contribution in [2.24, 2.45) is 0 Å². The van der Waals surface area contributed by atoms with Crippen molar-refractivity contribution >= 4 is 11.7 Å². The summed E-state index contributed by atoms with van der Waals surface area (Å²) >= 11 is 0. The largest absolute Gasteiger partial charge is 0.489 e. The van der Waals surface area contributed by atoms with Crippen LogP contribution in [-0.2, 0) is 19.7 Å². The van der Waals surface area contributed by atoms with E-state index in [1.54, 1.807) is 24.9 Å². The number of imidazole rings is 1. The molecule has 0 bridgehead atoms. The normalized spacial score (nSPS) is 10.5. The topological polar surface area (TPSA) is 81.1 Å². The third kappa shape index (κ3) is 6.17. The van der Waals surface area contributed by atoms with E-state index in [0.29, 0.717) is 13.2 Å². The Labute approximate surface area is 180 Å². The molecular formula is C24H23N5O2. The molecule has 4 aromatic rings. The highest BCUT2D eigenvalue weighted by atomic mass is 16.5. The molecule has 2 N–H and O–H groups in total. The Morgan fingerprint density at radius 3 is 2.42 bits per heavy atom. The smallest absolute Gasteiger partial charge is 0.319 e. The van der Waals surface area contributed by atoms with Crippen molar-refractivity contribution in [3.63, 3.8) is 0 Å². The van der Waals surface area contributed by atoms with E-state index in [4.69, 9.17) is 4.74 Å². The zero-order valence-electron chi connectivity index (χ0n) is 16.9. The van der Waals surface area contributed by atoms with E-state index in [-0.39, 0.29) is 6.03 Å². The van der Waals surface area contributed by atoms with E-state index in [0.717, 1.165) is 34.7 Å². The van der Waals surface area contributed by atoms with Crippen molar-refractivity contribution in [3.05, 3.63) is 108 Å². The molecule has 2 aromatic carbocycles. The van der Waals surface area contributed by atoms with Crippen molar-refractivity contribution in [1.82, 2.24) is 19.9 Å². The van der Waals surface area contributed by atoms with Gasteiger partial charge in [-0.3, -0.25) is 4.98 Å². The zero-order chi connectivity index (χ0) is 21.3. The van der Waals surface area contributed by atoms with Crippen molar-refractivity contribution in [2.45, 2.75) is 19.7 Å². The molecule has 4 rings (SSSR count). The fourth-order valence-corrected chi connectivity index (χ4v) is 3.00. The molecule has 0 aliphatic rings. The summed E-state index contributed by atoms with van der Waals surface area (Å²) in [5.41, 5.74) is 3.88. The standard InChI is InChI=1S/C24H23N5O2/c30-24(28-22-7-3-20(4-8-22)16-29-13-12-26-18-29)27-15-19-5-9-23(10-6-19)31-17-21-2-1-11-25-14-21/h1-14,18H,15-17H2,(H2,27,28,30). The van der Waals surface area contributed by atoms with Gasteiger partial charge in [-0.2, -0.15) is 0 Å². The van der Waals surface area contributed by atoms with Crippen molar-refractivity contribution in [3.8, 4) is 5.75 Å². The molecule has 2 heterocycles. The van der Waals surface area contributed by atoms with Gasteiger partial charge in [0.05, 0.1) is 6.33 Å². The van der Waals surface area contributed by atoms with Crippen LogP contribution >= 0.6 is 0 Å². The number of nitrogens with one attached hydrogen (secondary N) is 2. The molecule has 2 aromatic heterocycles. The van der Waals surface area contributed by atoms with E-state index in [9.17, 15) is 4.79 Å². The summed E-state index contributed by atoms with van der Waals surface area (Å²) in [4.78, 5) is 20.3. The van der Waals surface area contributed by atoms with Gasteiger partial charge in [-0.05, 0) is 41.5 Å². The molecule has 7 heteroatoms. The molecule has 0 atom stereocenters. The molecular weight excluding hydrogens is 390 g/mol. The predicted octanol–water partition coefficient (Wildman–Crippen LogP) is 4.23. The molecule has 0 spiro atoms. The Morgan fingerprint density at radius 1 is 0.903 bits per heavy atom. The summed E-state index contributed by atoms with van der Waals surface area (Å²) in [5.74, 6) is 0.771. The van der Waals surface area contributed by atoms with E-state index < -0.39 is 0 Å². The summed E-state index contributed by atoms with van der Waals surface area (Å²) in [6.07, 6.45) is 8.96. The van der Waals surface area contributed by atoms with Crippen LogP contribution in [0.25, 0.3) is 0 Å². The van der Waals surface area contributed by atoms with Gasteiger partial charge >= 0.3 is 6.03 Å². The van der Waals surface area contributed by atoms with Crippen molar-refractivity contribution in [2.75, 3.05) is 5.32 Å². The maximum atomic E-state index is 12.2. The van der Waals surface area contributed by atoms with Gasteiger partial charge in [0.2, 0.25) is 0 Å². The second-order valence-electron chi connectivity index (χ2n) is 7.03. The first-order chi connectivity index (χ1) is 15.2. The van der Waals surface area contributed by atoms with Gasteiger partial charge in [-0.1, -0.05) is 30.3 Å². The maximum Gasteiger partial charge on any atom is 0.319 e. The minimum atomic E-state index is -0.251. The number of rotatable bonds is 8. The van der Waals surface area contributed by atoms with Crippen LogP contribution in [-0.4, -0.2) is 20.6 Å². The molecule has 0 saturated heterocycles. The van der Waals surface area contributed by atoms with Gasteiger partial charge in [0, 0.05) is 49.1 Å². The summed E-state index contributed by atoms with van der Waals surface area (Å²) in [6, 6.07) is 19.0. The first kappa shape index (κ1) is 20.2. The van der Waals surface area contributed by atoms with Crippen LogP contribution in [0.5, 0.6) is 5.75 Å². The molecule has 2 amide bonds. The highest BCUT2D eigenvalue weighted by Crippen LogP contribution is 2.14. The predicted molar refractivity (Wildman–Crippen MR) is 119 cm³/mol. The molecule has 0 aliphatic heterocycles. The summed E-state index contributed by atoms with van der Waals surface area (Å²) in [7, 11) is 0. The number of nitrogens with zero attached hydrogens (tertiary/aromatic N) is 3. The fraction of sp³-hybridized carbons (Fsp3) is 0.125. The van der Waals surface area contributed by atoms with E-state index in [1.807, 2.05) is 71.4 Å². The first-order valence-electron chi connectivity index (χ1n) is 9.95. The van der Waals surface area contributed by atoms with Crippen LogP contribution in [0, 0.1) is 0 Å². The number of hydrogen-bond acceptors (Lipinski definition) is 4. The monoisotopic (exact) mass is 413 g/mol. The third-order valence-electron chi connectivity index (χ3n) is 4.64. The lowest BCUT2D eigenvalue weighted by atomic mass is 10.2. The molecule has 0 radical (unpaired) electrons. The quantitative estimate of drug-likeness (QED) is 0.453. The second-order valence-corrected chi connectivity index (χ2v) is 7.03. The van der Waals surface area contributed by atoms with Gasteiger partial charge < -0.3 is 19.9 Å². The van der Waals surface area contributed by atoms with Crippen LogP contribution in [0.2, 0.25) is 0 Å². The molecule has 0 unspecified atom stereocenters. The Kier molecular flexibility index (Phi) is 6.54. The number of benzene rings is 2. The highest BCUT2D eigenvalue weighted by molar-refractivity contribution is 5.89. The lowest BCUT2D eigenvalue weighted by Crippen LogP contribution is -2.28. The van der Waals surface area contributed by atoms with Gasteiger partial charge in [0.1, 0.15) is 12.4 Å². The Hall–Kier alpha value is -4.13. The summed E-state index contributed by atoms with van der Waals surface area (Å²) < 4.78 is 7.74. The van der Waals surface area contributed by atoms with Gasteiger partial charge in [0.25, 0.3) is 0 Å². The summed E-state index contributed by atoms with van der Waals surface area (Å²) in [5, 5.41) is 5.71. The van der Waals surface area contributed by atoms with Gasteiger partial charge in [-0.15, -0.1) is 0 Å². The van der Waals surface area contributed by atoms with E-state index >= 15 is 0 Å². The van der Waals surface area contributed by atoms with Crippen LogP contribution < -0.4 is 15.4 Å². The third-order valence-corrected chi connectivity index (χ3v) is 4.64. The molecule has 0 fully saturated rings. The minimum absolute atomic E-state index is 0.251. The number of hydrogen-bond donors (Lipinski definition) is 2. The van der Waals surface area contributed by atoms with Crippen LogP contribution in [0.1, 0.15) is 16.7 Å². The number of aromatic nitrogens is 3. The zero-order valence-corrected chi connectivity index (χ0v) is 16.9. The Balaban J connectivity index is 1.21. The SMILES string of the molecule is O=C(NCc1ccc(OCc2cccnc2)cc1)Nc1ccc(Cn2ccnc2)cc1. The molecule has 156 valence electrons. The number of amides is 2. The number of ether oxygens (including phenoxy) is 1. The van der Waals surface area contributed by atoms with Crippen LogP contribution in [0.4, 0.5) is 10.5 Å². The lowest BCUT2D eigenvalue weighted by Gasteiger charge is -2.10. The minimum Gasteiger partial charge on any atom is -0.489 e. The maximum absolute atomic E-state index is 12.2. The van der Waals surface area contributed by atoms with E-state index in [1.165, 1.54) is 0 Å². The van der Waals surface area contributed by atoms with E-state index in [2.05, 4.69) is 20.6 Å². The highest BCUT2D eigenvalue weighted by Gasteiger charge is 2.03. The number of carbonyl (C=O) groups excluding carboxylic acids is 1. The number of carbonyl (C=O) groups is 1. The average Bonchev–Trinajstić information content (AvgIpc) is 3.32. The molecule has 31 heavy (non-hydrogen) atoms. The molecule has 0 saturated carbocycles. The average molecular weight is 413 g/mol. The Morgan fingerprint density at radius 2 is 1.71 bits per heavy atom. The number of urea groups is 1. The van der Waals surface area contributed by atoms with Crippen molar-refractivity contribution in [1.29, 1.82) is 0 Å². The summed E-state index contributed by atoms with van der Waals surface area (Å²) in [6.45, 7) is 1.64. The fourth-order valence-electron chi connectivity index (χ4n) is 3.00. The number of anilines is 1. The number of pyridine rings is 1. The van der Waals surface area contributed by atoms with Crippen LogP contribution in [0.15, 0.2) is 91.8 Å². The lowest BCUT2D eigenvalue weighted by molar-refractivity contribution is 0.251. The molecule has 0 aliphatic carbocycles. The first-order valence-corrected chi connectivity index (χ1v) is 9.95. The van der Waals surface area contributed by atoms with Crippen LogP contribution in [0.3, 0.4) is 0 Å². The van der Waals surface area contributed by atoms with Crippen molar-refractivity contribution < 1.29 is 9.53 Å². The Bertz CT molecular complexity index is 1080. The molecule has 7 nitrogen and oxygen atoms in total. The van der Waals surface area contributed by atoms with Gasteiger partial charge in [0.15, 0.2) is 0 Å². The van der Waals surface area contributed by atoms with Gasteiger partial charge in [-0.25, -0.2) is 9.78 Å².